The predicted octanol–water partition coefficient (Wildman–Crippen LogP) is 1.55. The topological polar surface area (TPSA) is 43.4 Å². The zero-order valence-electron chi connectivity index (χ0n) is 9.93. The van der Waals surface area contributed by atoms with Gasteiger partial charge < -0.3 is 4.74 Å². The summed E-state index contributed by atoms with van der Waals surface area (Å²) in [4.78, 5) is 21.6. The smallest absolute Gasteiger partial charge is 0.313 e. The number of hydrogen-bond acceptors (Lipinski definition) is 3. The van der Waals surface area contributed by atoms with E-state index >= 15 is 0 Å². The molecule has 0 aromatic heterocycles. The highest BCUT2D eigenvalue weighted by Gasteiger charge is 2.14. The fourth-order valence-corrected chi connectivity index (χ4v) is 0.449. The van der Waals surface area contributed by atoms with Crippen LogP contribution in [0, 0.1) is 5.41 Å². The van der Waals surface area contributed by atoms with Crippen LogP contribution in [-0.4, -0.2) is 18.3 Å². The summed E-state index contributed by atoms with van der Waals surface area (Å²) in [6, 6.07) is 0. The largest absolute Gasteiger partial charge is 0.465 e. The number of esters is 1. The third kappa shape index (κ3) is 7.25. The fourth-order valence-electron chi connectivity index (χ4n) is 0.449. The summed E-state index contributed by atoms with van der Waals surface area (Å²) < 4.78 is 19.5. The number of hydrogen-bond donors (Lipinski definition) is 0. The molecule has 0 atom stereocenters. The fraction of sp³-hybridized carbons (Fsp3) is 0.778. The van der Waals surface area contributed by atoms with Crippen LogP contribution in [0.5, 0.6) is 0 Å². The molecule has 0 saturated heterocycles. The second kappa shape index (κ2) is 4.24. The Hall–Kier alpha value is -0.860. The molecule has 0 aliphatic rings. The number of ether oxygens (including phenoxy) is 1. The van der Waals surface area contributed by atoms with E-state index in [-0.39, 0.29) is 12.2 Å². The Balaban J connectivity index is 4.37. The summed E-state index contributed by atoms with van der Waals surface area (Å²) in [7, 11) is 0. The van der Waals surface area contributed by atoms with Gasteiger partial charge in [-0.05, 0) is 12.3 Å². The van der Waals surface area contributed by atoms with Crippen molar-refractivity contribution in [3.05, 3.63) is 0 Å². The second-order valence-corrected chi connectivity index (χ2v) is 3.70. The molecule has 3 nitrogen and oxygen atoms in total. The lowest BCUT2D eigenvalue weighted by Crippen LogP contribution is -2.19. The minimum atomic E-state index is -2.06. The van der Waals surface area contributed by atoms with Crippen molar-refractivity contribution in [1.82, 2.24) is 0 Å². The second-order valence-electron chi connectivity index (χ2n) is 3.70. The van der Waals surface area contributed by atoms with Crippen LogP contribution >= 0.6 is 0 Å². The first-order valence-corrected chi connectivity index (χ1v) is 3.77. The maximum absolute atomic E-state index is 11.0. The predicted molar refractivity (Wildman–Crippen MR) is 45.7 cm³/mol. The molecule has 0 aliphatic heterocycles. The summed E-state index contributed by atoms with van der Waals surface area (Å²) in [6.07, 6.45) is -0.379. The summed E-state index contributed by atoms with van der Waals surface area (Å²) in [5.74, 6) is -1.16. The molecule has 0 saturated carbocycles. The lowest BCUT2D eigenvalue weighted by Gasteiger charge is -2.17. The minimum Gasteiger partial charge on any atom is -0.465 e. The van der Waals surface area contributed by atoms with Crippen molar-refractivity contribution < 1.29 is 17.1 Å². The normalized spacial score (nSPS) is 14.7. The SMILES string of the molecule is [2H]C([2H])(OC(=O)CC(C)=O)C(C)(C)C. The Bertz CT molecular complexity index is 241. The van der Waals surface area contributed by atoms with Crippen molar-refractivity contribution in [2.24, 2.45) is 5.41 Å². The molecule has 0 unspecified atom stereocenters. The third-order valence-electron chi connectivity index (χ3n) is 0.864. The molecule has 12 heavy (non-hydrogen) atoms. The van der Waals surface area contributed by atoms with Gasteiger partial charge in [0.15, 0.2) is 0 Å². The van der Waals surface area contributed by atoms with Crippen LogP contribution in [0.15, 0.2) is 0 Å². The van der Waals surface area contributed by atoms with Gasteiger partial charge in [-0.25, -0.2) is 0 Å². The van der Waals surface area contributed by atoms with Crippen molar-refractivity contribution in [1.29, 1.82) is 0 Å². The van der Waals surface area contributed by atoms with E-state index in [1.54, 1.807) is 20.8 Å². The van der Waals surface area contributed by atoms with E-state index in [9.17, 15) is 9.59 Å². The Kier molecular flexibility index (Phi) is 2.74. The first kappa shape index (κ1) is 7.77. The number of rotatable bonds is 3. The molecule has 0 amide bonds. The molecule has 0 aromatic carbocycles. The molecule has 0 radical (unpaired) electrons. The first-order valence-electron chi connectivity index (χ1n) is 4.77. The van der Waals surface area contributed by atoms with Gasteiger partial charge in [-0.3, -0.25) is 9.59 Å². The summed E-state index contributed by atoms with van der Waals surface area (Å²) in [5.41, 5.74) is -0.806. The maximum Gasteiger partial charge on any atom is 0.313 e. The van der Waals surface area contributed by atoms with Crippen molar-refractivity contribution in [3.8, 4) is 0 Å². The average molecular weight is 174 g/mol. The summed E-state index contributed by atoms with van der Waals surface area (Å²) in [5, 5.41) is 0. The van der Waals surface area contributed by atoms with E-state index in [0.29, 0.717) is 0 Å². The van der Waals surface area contributed by atoms with E-state index in [1.807, 2.05) is 0 Å². The molecule has 0 N–H and O–H groups in total. The first-order chi connectivity index (χ1) is 6.06. The standard InChI is InChI=1S/C9H16O3/c1-7(10)5-8(11)12-6-9(2,3)4/h5-6H2,1-4H3/i6D2. The molecular formula is C9H16O3. The van der Waals surface area contributed by atoms with Crippen LogP contribution in [0.25, 0.3) is 0 Å². The highest BCUT2D eigenvalue weighted by atomic mass is 16.5. The number of carbonyl (C=O) groups is 2. The van der Waals surface area contributed by atoms with Gasteiger partial charge in [-0.1, -0.05) is 20.8 Å². The minimum absolute atomic E-state index is 0.334. The van der Waals surface area contributed by atoms with Gasteiger partial charge in [0.05, 0.1) is 9.30 Å². The number of Topliss-reactive ketones (excluding diaryl/α,β-unsaturated/α-hetero) is 1. The third-order valence-corrected chi connectivity index (χ3v) is 0.864. The lowest BCUT2D eigenvalue weighted by molar-refractivity contribution is -0.148. The quantitative estimate of drug-likeness (QED) is 0.481. The van der Waals surface area contributed by atoms with Gasteiger partial charge in [0.2, 0.25) is 0 Å². The Morgan fingerprint density at radius 1 is 1.42 bits per heavy atom. The molecule has 0 aromatic rings. The van der Waals surface area contributed by atoms with Crippen molar-refractivity contribution in [3.63, 3.8) is 0 Å². The van der Waals surface area contributed by atoms with Crippen molar-refractivity contribution in [2.45, 2.75) is 34.1 Å². The van der Waals surface area contributed by atoms with E-state index < -0.39 is 17.9 Å². The molecular weight excluding hydrogens is 156 g/mol. The monoisotopic (exact) mass is 174 g/mol. The highest BCUT2D eigenvalue weighted by Crippen LogP contribution is 2.13. The highest BCUT2D eigenvalue weighted by molar-refractivity contribution is 5.94. The molecule has 0 heterocycles. The van der Waals surface area contributed by atoms with Gasteiger partial charge in [0, 0.05) is 0 Å². The van der Waals surface area contributed by atoms with Crippen LogP contribution in [0.4, 0.5) is 0 Å². The van der Waals surface area contributed by atoms with Gasteiger partial charge in [0.1, 0.15) is 12.2 Å². The van der Waals surface area contributed by atoms with Crippen LogP contribution in [0.2, 0.25) is 0 Å². The Morgan fingerprint density at radius 2 is 1.92 bits per heavy atom. The zero-order valence-corrected chi connectivity index (χ0v) is 7.93. The average Bonchev–Trinajstić information content (AvgIpc) is 1.79. The van der Waals surface area contributed by atoms with Gasteiger partial charge in [-0.15, -0.1) is 0 Å². The van der Waals surface area contributed by atoms with Crippen molar-refractivity contribution >= 4 is 11.8 Å². The Labute approximate surface area is 75.9 Å². The zero-order chi connectivity index (χ0) is 11.6. The molecule has 0 fully saturated rings. The van der Waals surface area contributed by atoms with E-state index in [2.05, 4.69) is 4.74 Å². The van der Waals surface area contributed by atoms with E-state index in [1.165, 1.54) is 6.92 Å². The molecule has 0 bridgehead atoms. The van der Waals surface area contributed by atoms with Gasteiger partial charge in [0.25, 0.3) is 0 Å². The van der Waals surface area contributed by atoms with E-state index in [0.717, 1.165) is 0 Å². The van der Waals surface area contributed by atoms with Crippen LogP contribution in [-0.2, 0) is 14.3 Å². The Morgan fingerprint density at radius 3 is 2.25 bits per heavy atom. The lowest BCUT2D eigenvalue weighted by atomic mass is 9.99. The molecule has 0 rings (SSSR count). The maximum atomic E-state index is 11.0. The molecule has 0 aliphatic carbocycles. The van der Waals surface area contributed by atoms with Crippen LogP contribution in [0.3, 0.4) is 0 Å². The summed E-state index contributed by atoms with van der Waals surface area (Å²) >= 11 is 0. The number of ketones is 1. The van der Waals surface area contributed by atoms with Crippen LogP contribution in [0.1, 0.15) is 36.9 Å². The van der Waals surface area contributed by atoms with E-state index in [4.69, 9.17) is 2.74 Å². The van der Waals surface area contributed by atoms with Gasteiger partial charge >= 0.3 is 5.97 Å². The van der Waals surface area contributed by atoms with Crippen molar-refractivity contribution in [2.75, 3.05) is 6.56 Å². The van der Waals surface area contributed by atoms with Crippen LogP contribution < -0.4 is 0 Å². The molecule has 70 valence electrons. The molecule has 0 spiro atoms. The number of carbonyl (C=O) groups excluding carboxylic acids is 2. The summed E-state index contributed by atoms with van der Waals surface area (Å²) in [6.45, 7) is 4.06. The van der Waals surface area contributed by atoms with Gasteiger partial charge in [-0.2, -0.15) is 0 Å². The molecule has 3 heteroatoms.